The lowest BCUT2D eigenvalue weighted by atomic mass is 10.0. The lowest BCUT2D eigenvalue weighted by Crippen LogP contribution is -2.16. The molecular formula is C15H22O3S. The minimum Gasteiger partial charge on any atom is -0.303 e. The molecule has 0 aliphatic rings. The second-order valence-corrected chi connectivity index (χ2v) is 7.00. The SMILES string of the molecule is CC[C@H](CCCC=O)CS(=O)(=O)c1ccc(C)cc1. The average molecular weight is 282 g/mol. The van der Waals surface area contributed by atoms with Crippen molar-refractivity contribution in [3.63, 3.8) is 0 Å². The maximum absolute atomic E-state index is 12.3. The number of carbonyl (C=O) groups excluding carboxylic acids is 1. The zero-order valence-electron chi connectivity index (χ0n) is 11.6. The minimum absolute atomic E-state index is 0.131. The Morgan fingerprint density at radius 3 is 2.37 bits per heavy atom. The fourth-order valence-electron chi connectivity index (χ4n) is 2.05. The van der Waals surface area contributed by atoms with Crippen molar-refractivity contribution in [3.05, 3.63) is 29.8 Å². The fourth-order valence-corrected chi connectivity index (χ4v) is 3.81. The van der Waals surface area contributed by atoms with Gasteiger partial charge < -0.3 is 4.79 Å². The van der Waals surface area contributed by atoms with Gasteiger partial charge in [-0.05, 0) is 37.8 Å². The summed E-state index contributed by atoms with van der Waals surface area (Å²) >= 11 is 0. The molecule has 0 spiro atoms. The van der Waals surface area contributed by atoms with Crippen LogP contribution in [0, 0.1) is 12.8 Å². The number of aldehydes is 1. The van der Waals surface area contributed by atoms with Crippen molar-refractivity contribution in [2.24, 2.45) is 5.92 Å². The van der Waals surface area contributed by atoms with Crippen molar-refractivity contribution in [2.75, 3.05) is 5.75 Å². The number of unbranched alkanes of at least 4 members (excludes halogenated alkanes) is 1. The molecule has 0 heterocycles. The summed E-state index contributed by atoms with van der Waals surface area (Å²) in [5.74, 6) is 0.303. The molecule has 0 unspecified atom stereocenters. The Hall–Kier alpha value is -1.16. The van der Waals surface area contributed by atoms with Gasteiger partial charge in [0.25, 0.3) is 0 Å². The molecule has 0 fully saturated rings. The third-order valence-electron chi connectivity index (χ3n) is 3.35. The first kappa shape index (κ1) is 15.9. The number of hydrogen-bond donors (Lipinski definition) is 0. The zero-order chi connectivity index (χ0) is 14.3. The Morgan fingerprint density at radius 2 is 1.84 bits per heavy atom. The predicted molar refractivity (Wildman–Crippen MR) is 76.9 cm³/mol. The number of carbonyl (C=O) groups is 1. The van der Waals surface area contributed by atoms with Gasteiger partial charge in [0.2, 0.25) is 0 Å². The molecule has 1 aromatic rings. The van der Waals surface area contributed by atoms with E-state index in [9.17, 15) is 13.2 Å². The highest BCUT2D eigenvalue weighted by atomic mass is 32.2. The van der Waals surface area contributed by atoms with Crippen LogP contribution < -0.4 is 0 Å². The van der Waals surface area contributed by atoms with Crippen LogP contribution in [0.15, 0.2) is 29.2 Å². The van der Waals surface area contributed by atoms with Crippen LogP contribution in [0.5, 0.6) is 0 Å². The summed E-state index contributed by atoms with van der Waals surface area (Å²) in [5, 5.41) is 0. The molecule has 0 aliphatic heterocycles. The Morgan fingerprint density at radius 1 is 1.21 bits per heavy atom. The van der Waals surface area contributed by atoms with Gasteiger partial charge in [-0.3, -0.25) is 0 Å². The van der Waals surface area contributed by atoms with Crippen LogP contribution in [0.25, 0.3) is 0 Å². The van der Waals surface area contributed by atoms with Gasteiger partial charge in [-0.2, -0.15) is 0 Å². The molecule has 0 amide bonds. The molecule has 106 valence electrons. The molecule has 1 atom stereocenters. The van der Waals surface area contributed by atoms with Crippen LogP contribution >= 0.6 is 0 Å². The third-order valence-corrected chi connectivity index (χ3v) is 5.25. The molecule has 0 saturated heterocycles. The smallest absolute Gasteiger partial charge is 0.178 e. The summed E-state index contributed by atoms with van der Waals surface area (Å²) in [7, 11) is -3.21. The van der Waals surface area contributed by atoms with Gasteiger partial charge in [-0.1, -0.05) is 31.0 Å². The minimum atomic E-state index is -3.21. The van der Waals surface area contributed by atoms with Gasteiger partial charge in [0, 0.05) is 6.42 Å². The van der Waals surface area contributed by atoms with Crippen molar-refractivity contribution >= 4 is 16.1 Å². The van der Waals surface area contributed by atoms with E-state index >= 15 is 0 Å². The van der Waals surface area contributed by atoms with Crippen molar-refractivity contribution in [3.8, 4) is 0 Å². The summed E-state index contributed by atoms with van der Waals surface area (Å²) in [4.78, 5) is 10.7. The van der Waals surface area contributed by atoms with E-state index in [0.717, 1.165) is 31.1 Å². The predicted octanol–water partition coefficient (Wildman–Crippen LogP) is 3.16. The molecule has 0 N–H and O–H groups in total. The van der Waals surface area contributed by atoms with Crippen LogP contribution in [-0.2, 0) is 14.6 Å². The molecule has 19 heavy (non-hydrogen) atoms. The molecular weight excluding hydrogens is 260 g/mol. The normalized spacial score (nSPS) is 13.2. The van der Waals surface area contributed by atoms with Gasteiger partial charge in [-0.25, -0.2) is 8.42 Å². The van der Waals surface area contributed by atoms with E-state index in [1.807, 2.05) is 26.0 Å². The molecule has 4 heteroatoms. The van der Waals surface area contributed by atoms with Gasteiger partial charge >= 0.3 is 0 Å². The number of sulfone groups is 1. The first-order chi connectivity index (χ1) is 8.99. The van der Waals surface area contributed by atoms with E-state index < -0.39 is 9.84 Å². The largest absolute Gasteiger partial charge is 0.303 e. The molecule has 0 aliphatic carbocycles. The Labute approximate surface area is 116 Å². The highest BCUT2D eigenvalue weighted by molar-refractivity contribution is 7.91. The standard InChI is InChI=1S/C15H22O3S/c1-3-14(6-4-5-11-16)12-19(17,18)15-9-7-13(2)8-10-15/h7-11,14H,3-6,12H2,1-2H3/t14-/m1/s1. The number of benzene rings is 1. The van der Waals surface area contributed by atoms with E-state index in [4.69, 9.17) is 0 Å². The van der Waals surface area contributed by atoms with E-state index in [1.54, 1.807) is 12.1 Å². The van der Waals surface area contributed by atoms with Gasteiger partial charge in [-0.15, -0.1) is 0 Å². The van der Waals surface area contributed by atoms with Crippen LogP contribution in [0.2, 0.25) is 0 Å². The number of rotatable bonds is 8. The van der Waals surface area contributed by atoms with E-state index in [1.165, 1.54) is 0 Å². The summed E-state index contributed by atoms with van der Waals surface area (Å²) in [5.41, 5.74) is 1.05. The second-order valence-electron chi connectivity index (χ2n) is 4.97. The molecule has 0 radical (unpaired) electrons. The van der Waals surface area contributed by atoms with Gasteiger partial charge in [0.05, 0.1) is 10.6 Å². The summed E-state index contributed by atoms with van der Waals surface area (Å²) in [6, 6.07) is 6.98. The molecule has 1 aromatic carbocycles. The Bertz CT molecular complexity index is 489. The lowest BCUT2D eigenvalue weighted by Gasteiger charge is -2.14. The summed E-state index contributed by atoms with van der Waals surface area (Å²) in [6.45, 7) is 3.93. The molecule has 0 saturated carbocycles. The Kier molecular flexibility index (Phi) is 6.22. The van der Waals surface area contributed by atoms with Crippen LogP contribution in [0.3, 0.4) is 0 Å². The molecule has 0 aromatic heterocycles. The van der Waals surface area contributed by atoms with Crippen molar-refractivity contribution < 1.29 is 13.2 Å². The second kappa shape index (κ2) is 7.43. The first-order valence-electron chi connectivity index (χ1n) is 6.72. The van der Waals surface area contributed by atoms with E-state index in [0.29, 0.717) is 11.3 Å². The van der Waals surface area contributed by atoms with Crippen molar-refractivity contribution in [2.45, 2.75) is 44.4 Å². The maximum Gasteiger partial charge on any atom is 0.178 e. The Balaban J connectivity index is 2.71. The molecule has 0 bridgehead atoms. The van der Waals surface area contributed by atoms with Crippen LogP contribution in [0.1, 0.15) is 38.2 Å². The van der Waals surface area contributed by atoms with Crippen molar-refractivity contribution in [1.29, 1.82) is 0 Å². The van der Waals surface area contributed by atoms with E-state index in [2.05, 4.69) is 0 Å². The first-order valence-corrected chi connectivity index (χ1v) is 8.38. The van der Waals surface area contributed by atoms with Gasteiger partial charge in [0.1, 0.15) is 6.29 Å². The highest BCUT2D eigenvalue weighted by Crippen LogP contribution is 2.20. The van der Waals surface area contributed by atoms with Gasteiger partial charge in [0.15, 0.2) is 9.84 Å². The summed E-state index contributed by atoms with van der Waals surface area (Å²) < 4.78 is 24.6. The molecule has 1 rings (SSSR count). The maximum atomic E-state index is 12.3. The quantitative estimate of drug-likeness (QED) is 0.543. The number of aryl methyl sites for hydroxylation is 1. The highest BCUT2D eigenvalue weighted by Gasteiger charge is 2.19. The topological polar surface area (TPSA) is 51.2 Å². The third kappa shape index (κ3) is 5.15. The number of hydrogen-bond acceptors (Lipinski definition) is 3. The van der Waals surface area contributed by atoms with Crippen LogP contribution in [-0.4, -0.2) is 20.5 Å². The average Bonchev–Trinajstić information content (AvgIpc) is 2.38. The lowest BCUT2D eigenvalue weighted by molar-refractivity contribution is -0.107. The molecule has 3 nitrogen and oxygen atoms in total. The van der Waals surface area contributed by atoms with E-state index in [-0.39, 0.29) is 11.7 Å². The zero-order valence-corrected chi connectivity index (χ0v) is 12.4. The van der Waals surface area contributed by atoms with Crippen molar-refractivity contribution in [1.82, 2.24) is 0 Å². The fraction of sp³-hybridized carbons (Fsp3) is 0.533. The monoisotopic (exact) mass is 282 g/mol. The summed E-state index contributed by atoms with van der Waals surface area (Å²) in [6.07, 6.45) is 3.79. The van der Waals surface area contributed by atoms with Crippen LogP contribution in [0.4, 0.5) is 0 Å².